The number of thiol groups is 1. The van der Waals surface area contributed by atoms with Gasteiger partial charge in [0.05, 0.1) is 6.04 Å². The maximum absolute atomic E-state index is 10.8. The van der Waals surface area contributed by atoms with Crippen molar-refractivity contribution >= 4 is 18.9 Å². The van der Waals surface area contributed by atoms with Crippen molar-refractivity contribution in [2.75, 3.05) is 13.6 Å². The zero-order chi connectivity index (χ0) is 11.1. The van der Waals surface area contributed by atoms with Gasteiger partial charge in [-0.25, -0.2) is 5.01 Å². The molecule has 0 aliphatic rings. The second-order valence-electron chi connectivity index (χ2n) is 4.03. The second-order valence-corrected chi connectivity index (χ2v) is 4.91. The molecule has 0 radical (unpaired) electrons. The van der Waals surface area contributed by atoms with E-state index in [2.05, 4.69) is 25.0 Å². The molecule has 0 bridgehead atoms. The molecule has 84 valence electrons. The van der Waals surface area contributed by atoms with Crippen LogP contribution in [0, 0.1) is 5.92 Å². The summed E-state index contributed by atoms with van der Waals surface area (Å²) in [5, 5.41) is 2.28. The molecule has 0 rings (SSSR count). The van der Waals surface area contributed by atoms with Crippen molar-refractivity contribution in [1.29, 1.82) is 0 Å². The van der Waals surface area contributed by atoms with Gasteiger partial charge in [-0.2, -0.15) is 12.6 Å². The van der Waals surface area contributed by atoms with Gasteiger partial charge in [0.15, 0.2) is 0 Å². The number of nitrogens with zero attached hydrogens (tertiary/aromatic N) is 1. The Balaban J connectivity index is 3.80. The smallest absolute Gasteiger partial charge is 0.138 e. The highest BCUT2D eigenvalue weighted by Crippen LogP contribution is 2.04. The molecule has 0 heterocycles. The maximum Gasteiger partial charge on any atom is 0.138 e. The molecule has 0 fully saturated rings. The highest BCUT2D eigenvalue weighted by atomic mass is 32.1. The van der Waals surface area contributed by atoms with Crippen molar-refractivity contribution in [1.82, 2.24) is 10.4 Å². The second kappa shape index (κ2) is 7.26. The van der Waals surface area contributed by atoms with E-state index in [9.17, 15) is 4.79 Å². The van der Waals surface area contributed by atoms with Crippen LogP contribution in [0.25, 0.3) is 0 Å². The Kier molecular flexibility index (Phi) is 7.23. The highest BCUT2D eigenvalue weighted by molar-refractivity contribution is 7.80. The largest absolute Gasteiger partial charge is 0.302 e. The van der Waals surface area contributed by atoms with Crippen LogP contribution in [-0.2, 0) is 4.79 Å². The van der Waals surface area contributed by atoms with Gasteiger partial charge in [-0.15, -0.1) is 0 Å². The van der Waals surface area contributed by atoms with Gasteiger partial charge >= 0.3 is 0 Å². The Morgan fingerprint density at radius 1 is 1.43 bits per heavy atom. The molecular formula is C10H22N2OS. The van der Waals surface area contributed by atoms with E-state index < -0.39 is 0 Å². The molecule has 0 aliphatic carbocycles. The molecule has 2 atom stereocenters. The standard InChI is InChI=1S/C10H22N2OS/c1-8(2)10(7-13)12(4)11-6-5-9(3)14/h7-11,14H,5-6H2,1-4H3. The van der Waals surface area contributed by atoms with Gasteiger partial charge in [0.25, 0.3) is 0 Å². The van der Waals surface area contributed by atoms with Crippen LogP contribution in [0.4, 0.5) is 0 Å². The number of aldehydes is 1. The number of hydrazine groups is 1. The van der Waals surface area contributed by atoms with Gasteiger partial charge in [-0.3, -0.25) is 5.43 Å². The highest BCUT2D eigenvalue weighted by Gasteiger charge is 2.16. The van der Waals surface area contributed by atoms with E-state index >= 15 is 0 Å². The Hall–Kier alpha value is -0.0600. The average molecular weight is 218 g/mol. The van der Waals surface area contributed by atoms with Gasteiger partial charge in [0.2, 0.25) is 0 Å². The molecule has 3 nitrogen and oxygen atoms in total. The van der Waals surface area contributed by atoms with Gasteiger partial charge in [0.1, 0.15) is 6.29 Å². The van der Waals surface area contributed by atoms with Crippen LogP contribution in [0.1, 0.15) is 27.2 Å². The minimum atomic E-state index is -0.0507. The lowest BCUT2D eigenvalue weighted by Crippen LogP contribution is -2.46. The van der Waals surface area contributed by atoms with E-state index in [1.54, 1.807) is 0 Å². The lowest BCUT2D eigenvalue weighted by Gasteiger charge is -2.27. The molecule has 14 heavy (non-hydrogen) atoms. The molecule has 0 aliphatic heterocycles. The summed E-state index contributed by atoms with van der Waals surface area (Å²) >= 11 is 4.29. The molecule has 0 saturated carbocycles. The van der Waals surface area contributed by atoms with Gasteiger partial charge in [-0.1, -0.05) is 20.8 Å². The number of hydrogen-bond donors (Lipinski definition) is 2. The third kappa shape index (κ3) is 5.62. The fourth-order valence-electron chi connectivity index (χ4n) is 1.25. The van der Waals surface area contributed by atoms with Crippen molar-refractivity contribution in [2.45, 2.75) is 38.5 Å². The van der Waals surface area contributed by atoms with E-state index in [4.69, 9.17) is 0 Å². The quantitative estimate of drug-likeness (QED) is 0.384. The molecule has 2 unspecified atom stereocenters. The van der Waals surface area contributed by atoms with Crippen LogP contribution in [0.2, 0.25) is 0 Å². The predicted molar refractivity (Wildman–Crippen MR) is 63.5 cm³/mol. The molecule has 0 saturated heterocycles. The van der Waals surface area contributed by atoms with Crippen LogP contribution in [0.5, 0.6) is 0 Å². The van der Waals surface area contributed by atoms with E-state index in [1.807, 2.05) is 25.9 Å². The van der Waals surface area contributed by atoms with Crippen LogP contribution in [0.3, 0.4) is 0 Å². The third-order valence-electron chi connectivity index (χ3n) is 2.19. The Morgan fingerprint density at radius 2 is 2.00 bits per heavy atom. The van der Waals surface area contributed by atoms with E-state index in [0.717, 1.165) is 19.3 Å². The fourth-order valence-corrected chi connectivity index (χ4v) is 1.38. The van der Waals surface area contributed by atoms with Gasteiger partial charge < -0.3 is 4.79 Å². The number of carbonyl (C=O) groups is 1. The number of nitrogens with one attached hydrogen (secondary N) is 1. The lowest BCUT2D eigenvalue weighted by atomic mass is 10.1. The molecule has 0 amide bonds. The normalized spacial score (nSPS) is 15.9. The van der Waals surface area contributed by atoms with Gasteiger partial charge in [-0.05, 0) is 12.3 Å². The first-order valence-electron chi connectivity index (χ1n) is 5.08. The Morgan fingerprint density at radius 3 is 2.36 bits per heavy atom. The molecule has 0 spiro atoms. The summed E-state index contributed by atoms with van der Waals surface area (Å²) in [6.07, 6.45) is 1.99. The molecule has 0 aromatic carbocycles. The minimum absolute atomic E-state index is 0.0507. The van der Waals surface area contributed by atoms with Crippen LogP contribution >= 0.6 is 12.6 Å². The molecule has 1 N–H and O–H groups in total. The number of carbonyl (C=O) groups excluding carboxylic acids is 1. The summed E-state index contributed by atoms with van der Waals surface area (Å²) in [6, 6.07) is -0.0507. The maximum atomic E-state index is 10.8. The summed E-state index contributed by atoms with van der Waals surface area (Å²) in [7, 11) is 1.91. The summed E-state index contributed by atoms with van der Waals surface area (Å²) in [6.45, 7) is 7.00. The van der Waals surface area contributed by atoms with Crippen LogP contribution in [0.15, 0.2) is 0 Å². The van der Waals surface area contributed by atoms with E-state index in [1.165, 1.54) is 0 Å². The third-order valence-corrected chi connectivity index (χ3v) is 2.45. The summed E-state index contributed by atoms with van der Waals surface area (Å²) in [5.74, 6) is 0.332. The number of likely N-dealkylation sites (N-methyl/N-ethyl adjacent to an activating group) is 1. The fraction of sp³-hybridized carbons (Fsp3) is 0.900. The van der Waals surface area contributed by atoms with E-state index in [-0.39, 0.29) is 6.04 Å². The van der Waals surface area contributed by atoms with E-state index in [0.29, 0.717) is 11.2 Å². The average Bonchev–Trinajstić information content (AvgIpc) is 2.03. The lowest BCUT2D eigenvalue weighted by molar-refractivity contribution is -0.114. The number of hydrogen-bond acceptors (Lipinski definition) is 4. The predicted octanol–water partition coefficient (Wildman–Crippen LogP) is 1.35. The summed E-state index contributed by atoms with van der Waals surface area (Å²) in [4.78, 5) is 10.8. The molecule has 0 aromatic heterocycles. The van der Waals surface area contributed by atoms with Crippen molar-refractivity contribution in [3.63, 3.8) is 0 Å². The number of rotatable bonds is 7. The van der Waals surface area contributed by atoms with Crippen molar-refractivity contribution < 1.29 is 4.79 Å². The van der Waals surface area contributed by atoms with Crippen LogP contribution in [-0.4, -0.2) is 36.2 Å². The zero-order valence-corrected chi connectivity index (χ0v) is 10.4. The Bertz CT molecular complexity index is 162. The van der Waals surface area contributed by atoms with Crippen molar-refractivity contribution in [3.05, 3.63) is 0 Å². The molecule has 0 aromatic rings. The first kappa shape index (κ1) is 13.9. The first-order valence-corrected chi connectivity index (χ1v) is 5.60. The summed E-state index contributed by atoms with van der Waals surface area (Å²) in [5.41, 5.74) is 3.20. The molecular weight excluding hydrogens is 196 g/mol. The minimum Gasteiger partial charge on any atom is -0.302 e. The SMILES string of the molecule is CC(S)CCNN(C)C(C=O)C(C)C. The van der Waals surface area contributed by atoms with Crippen molar-refractivity contribution in [3.8, 4) is 0 Å². The Labute approximate surface area is 92.6 Å². The zero-order valence-electron chi connectivity index (χ0n) is 9.53. The van der Waals surface area contributed by atoms with Crippen LogP contribution < -0.4 is 5.43 Å². The summed E-state index contributed by atoms with van der Waals surface area (Å²) < 4.78 is 0. The first-order chi connectivity index (χ1) is 6.49. The topological polar surface area (TPSA) is 32.3 Å². The van der Waals surface area contributed by atoms with Crippen molar-refractivity contribution in [2.24, 2.45) is 5.92 Å². The molecule has 4 heteroatoms. The van der Waals surface area contributed by atoms with Gasteiger partial charge in [0, 0.05) is 18.8 Å². The monoisotopic (exact) mass is 218 g/mol.